The number of esters is 1. The largest absolute Gasteiger partial charge is 0.461 e. The third-order valence-corrected chi connectivity index (χ3v) is 4.44. The van der Waals surface area contributed by atoms with Crippen LogP contribution in [-0.2, 0) is 16.1 Å². The molecule has 0 aliphatic rings. The Bertz CT molecular complexity index is 1130. The Hall–Kier alpha value is -3.49. The molecule has 0 radical (unpaired) electrons. The number of rotatable bonds is 5. The molecule has 0 unspecified atom stereocenters. The van der Waals surface area contributed by atoms with Crippen LogP contribution in [0.15, 0.2) is 27.5 Å². The summed E-state index contributed by atoms with van der Waals surface area (Å²) in [4.78, 5) is 41.5. The zero-order valence-electron chi connectivity index (χ0n) is 16.0. The average molecular weight is 384 g/mol. The number of carbonyl (C=O) groups is 2. The molecule has 3 aromatic rings. The molecule has 0 aliphatic heterocycles. The number of aryl methyl sites for hydroxylation is 2. The predicted molar refractivity (Wildman–Crippen MR) is 101 cm³/mol. The summed E-state index contributed by atoms with van der Waals surface area (Å²) in [6, 6.07) is 5.57. The van der Waals surface area contributed by atoms with E-state index in [-0.39, 0.29) is 35.8 Å². The molecule has 3 rings (SSSR count). The van der Waals surface area contributed by atoms with Crippen molar-refractivity contribution >= 4 is 28.7 Å². The lowest BCUT2D eigenvalue weighted by molar-refractivity contribution is -0.116. The summed E-state index contributed by atoms with van der Waals surface area (Å²) in [7, 11) is 0. The van der Waals surface area contributed by atoms with Crippen molar-refractivity contribution in [1.82, 2.24) is 14.7 Å². The van der Waals surface area contributed by atoms with Crippen LogP contribution < -0.4 is 10.9 Å². The van der Waals surface area contributed by atoms with Crippen molar-refractivity contribution in [1.29, 1.82) is 0 Å². The fourth-order valence-electron chi connectivity index (χ4n) is 2.78. The summed E-state index contributed by atoms with van der Waals surface area (Å²) in [6.07, 6.45) is 0. The third-order valence-electron chi connectivity index (χ3n) is 4.44. The molecule has 0 bridgehead atoms. The second-order valence-electron chi connectivity index (χ2n) is 6.28. The quantitative estimate of drug-likeness (QED) is 0.670. The lowest BCUT2D eigenvalue weighted by atomic mass is 10.1. The first-order valence-corrected chi connectivity index (χ1v) is 8.73. The van der Waals surface area contributed by atoms with Crippen molar-refractivity contribution in [2.75, 3.05) is 11.9 Å². The van der Waals surface area contributed by atoms with Gasteiger partial charge in [-0.05, 0) is 44.9 Å². The highest BCUT2D eigenvalue weighted by Crippen LogP contribution is 2.18. The number of nitrogens with one attached hydrogen (secondary N) is 1. The van der Waals surface area contributed by atoms with Crippen LogP contribution in [0.3, 0.4) is 0 Å². The van der Waals surface area contributed by atoms with Gasteiger partial charge in [0, 0.05) is 5.69 Å². The number of anilines is 1. The molecule has 146 valence electrons. The lowest BCUT2D eigenvalue weighted by Crippen LogP contribution is -2.30. The fourth-order valence-corrected chi connectivity index (χ4v) is 2.78. The highest BCUT2D eigenvalue weighted by molar-refractivity contribution is 6.00. The summed E-state index contributed by atoms with van der Waals surface area (Å²) in [6.45, 7) is 6.91. The van der Waals surface area contributed by atoms with E-state index >= 15 is 0 Å². The first-order valence-electron chi connectivity index (χ1n) is 8.73. The van der Waals surface area contributed by atoms with E-state index in [1.807, 2.05) is 26.0 Å². The Balaban J connectivity index is 1.95. The summed E-state index contributed by atoms with van der Waals surface area (Å²) in [5.74, 6) is -0.912. The maximum absolute atomic E-state index is 12.9. The molecular weight excluding hydrogens is 364 g/mol. The van der Waals surface area contributed by atoms with Crippen LogP contribution in [0.4, 0.5) is 5.69 Å². The molecule has 9 heteroatoms. The number of hydrogen-bond donors (Lipinski definition) is 1. The van der Waals surface area contributed by atoms with Gasteiger partial charge in [0.2, 0.25) is 11.6 Å². The van der Waals surface area contributed by atoms with Gasteiger partial charge in [-0.1, -0.05) is 17.3 Å². The number of ether oxygens (including phenoxy) is 1. The standard InChI is InChI=1S/C19H20N4O5/c1-5-27-19(26)16-15-17(28-22-16)20-12(4)23(18(15)25)9-14(24)21-13-8-6-7-10(2)11(13)3/h6-8H,5,9H2,1-4H3,(H,21,24). The van der Waals surface area contributed by atoms with Gasteiger partial charge in [-0.15, -0.1) is 0 Å². The van der Waals surface area contributed by atoms with Gasteiger partial charge in [0.15, 0.2) is 0 Å². The maximum Gasteiger partial charge on any atom is 0.361 e. The van der Waals surface area contributed by atoms with Gasteiger partial charge in [-0.3, -0.25) is 14.2 Å². The number of aromatic nitrogens is 3. The summed E-state index contributed by atoms with van der Waals surface area (Å²) in [5, 5.41) is 6.29. The van der Waals surface area contributed by atoms with Crippen LogP contribution >= 0.6 is 0 Å². The lowest BCUT2D eigenvalue weighted by Gasteiger charge is -2.12. The van der Waals surface area contributed by atoms with Crippen molar-refractivity contribution in [2.45, 2.75) is 34.2 Å². The zero-order valence-corrected chi connectivity index (χ0v) is 16.0. The van der Waals surface area contributed by atoms with Crippen LogP contribution in [0.5, 0.6) is 0 Å². The van der Waals surface area contributed by atoms with Gasteiger partial charge in [-0.2, -0.15) is 4.98 Å². The molecule has 0 aliphatic carbocycles. The SMILES string of the molecule is CCOC(=O)c1noc2nc(C)n(CC(=O)Nc3cccc(C)c3C)c(=O)c12. The second kappa shape index (κ2) is 7.63. The van der Waals surface area contributed by atoms with E-state index in [1.54, 1.807) is 19.9 Å². The first-order chi connectivity index (χ1) is 13.3. The number of nitrogens with zero attached hydrogens (tertiary/aromatic N) is 3. The molecule has 9 nitrogen and oxygen atoms in total. The smallest absolute Gasteiger partial charge is 0.361 e. The second-order valence-corrected chi connectivity index (χ2v) is 6.28. The van der Waals surface area contributed by atoms with Crippen molar-refractivity contribution in [3.8, 4) is 0 Å². The van der Waals surface area contributed by atoms with Crippen LogP contribution in [0, 0.1) is 20.8 Å². The topological polar surface area (TPSA) is 116 Å². The predicted octanol–water partition coefficient (Wildman–Crippen LogP) is 2.13. The number of benzene rings is 1. The number of fused-ring (bicyclic) bond motifs is 1. The van der Waals surface area contributed by atoms with Gasteiger partial charge >= 0.3 is 5.97 Å². The van der Waals surface area contributed by atoms with Crippen molar-refractivity contribution in [2.24, 2.45) is 0 Å². The van der Waals surface area contributed by atoms with Crippen LogP contribution in [-0.4, -0.2) is 33.2 Å². The van der Waals surface area contributed by atoms with E-state index in [2.05, 4.69) is 15.5 Å². The Morgan fingerprint density at radius 3 is 2.71 bits per heavy atom. The Kier molecular flexibility index (Phi) is 5.25. The van der Waals surface area contributed by atoms with Crippen molar-refractivity contribution in [3.63, 3.8) is 0 Å². The molecule has 1 aromatic carbocycles. The monoisotopic (exact) mass is 384 g/mol. The maximum atomic E-state index is 12.9. The van der Waals surface area contributed by atoms with E-state index in [4.69, 9.17) is 9.26 Å². The molecule has 1 amide bonds. The van der Waals surface area contributed by atoms with E-state index in [0.29, 0.717) is 5.69 Å². The Labute approximate surface area is 160 Å². The first kappa shape index (κ1) is 19.3. The van der Waals surface area contributed by atoms with Gasteiger partial charge in [-0.25, -0.2) is 4.79 Å². The van der Waals surface area contributed by atoms with E-state index in [0.717, 1.165) is 11.1 Å². The summed E-state index contributed by atoms with van der Waals surface area (Å²) in [5.41, 5.74) is 1.73. The number of amides is 1. The molecule has 2 heterocycles. The van der Waals surface area contributed by atoms with E-state index < -0.39 is 17.4 Å². The third kappa shape index (κ3) is 3.51. The highest BCUT2D eigenvalue weighted by atomic mass is 16.5. The van der Waals surface area contributed by atoms with Gasteiger partial charge in [0.1, 0.15) is 17.8 Å². The summed E-state index contributed by atoms with van der Waals surface area (Å²) >= 11 is 0. The molecule has 2 aromatic heterocycles. The number of carbonyl (C=O) groups excluding carboxylic acids is 2. The van der Waals surface area contributed by atoms with Crippen LogP contribution in [0.1, 0.15) is 34.4 Å². The van der Waals surface area contributed by atoms with E-state index in [9.17, 15) is 14.4 Å². The van der Waals surface area contributed by atoms with Crippen LogP contribution in [0.25, 0.3) is 11.1 Å². The average Bonchev–Trinajstić information content (AvgIpc) is 3.06. The molecular formula is C19H20N4O5. The van der Waals surface area contributed by atoms with Crippen molar-refractivity contribution in [3.05, 3.63) is 51.2 Å². The fraction of sp³-hybridized carbons (Fsp3) is 0.316. The van der Waals surface area contributed by atoms with Gasteiger partial charge in [0.05, 0.1) is 6.61 Å². The minimum absolute atomic E-state index is 0.0725. The number of hydrogen-bond acceptors (Lipinski definition) is 7. The normalized spacial score (nSPS) is 10.9. The highest BCUT2D eigenvalue weighted by Gasteiger charge is 2.24. The molecule has 0 saturated heterocycles. The summed E-state index contributed by atoms with van der Waals surface area (Å²) < 4.78 is 11.0. The van der Waals surface area contributed by atoms with E-state index in [1.165, 1.54) is 4.57 Å². The van der Waals surface area contributed by atoms with Gasteiger partial charge < -0.3 is 14.6 Å². The molecule has 28 heavy (non-hydrogen) atoms. The molecule has 1 N–H and O–H groups in total. The zero-order chi connectivity index (χ0) is 20.4. The Morgan fingerprint density at radius 1 is 1.25 bits per heavy atom. The molecule has 0 saturated carbocycles. The van der Waals surface area contributed by atoms with Gasteiger partial charge in [0.25, 0.3) is 11.3 Å². The van der Waals surface area contributed by atoms with Crippen LogP contribution in [0.2, 0.25) is 0 Å². The minimum Gasteiger partial charge on any atom is -0.461 e. The van der Waals surface area contributed by atoms with Crippen molar-refractivity contribution < 1.29 is 18.8 Å². The minimum atomic E-state index is -0.782. The molecule has 0 spiro atoms. The Morgan fingerprint density at radius 2 is 2.00 bits per heavy atom. The molecule has 0 atom stereocenters. The molecule has 0 fully saturated rings.